The van der Waals surface area contributed by atoms with Gasteiger partial charge in [-0.05, 0) is 26.0 Å². The first-order chi connectivity index (χ1) is 9.95. The Morgan fingerprint density at radius 1 is 1.33 bits per heavy atom. The number of aromatic nitrogens is 2. The summed E-state index contributed by atoms with van der Waals surface area (Å²) in [6.07, 6.45) is 1.53. The van der Waals surface area contributed by atoms with Gasteiger partial charge in [-0.15, -0.1) is 0 Å². The SMILES string of the molecule is CC(C)n1ncc(Cl)c1C(Cc1c(F)cccc1F)NN. The predicted octanol–water partition coefficient (Wildman–Crippen LogP) is 3.14. The lowest BCUT2D eigenvalue weighted by atomic mass is 10.0. The fraction of sp³-hybridized carbons (Fsp3) is 0.357. The van der Waals surface area contributed by atoms with Crippen LogP contribution in [0.2, 0.25) is 5.02 Å². The zero-order valence-corrected chi connectivity index (χ0v) is 12.5. The fourth-order valence-electron chi connectivity index (χ4n) is 2.25. The normalized spacial score (nSPS) is 12.9. The van der Waals surface area contributed by atoms with E-state index in [0.29, 0.717) is 10.7 Å². The summed E-state index contributed by atoms with van der Waals surface area (Å²) in [6, 6.07) is 3.26. The van der Waals surface area contributed by atoms with Crippen LogP contribution in [0.1, 0.15) is 37.2 Å². The molecule has 0 saturated carbocycles. The third-order valence-electron chi connectivity index (χ3n) is 3.28. The van der Waals surface area contributed by atoms with Crippen LogP contribution in [-0.2, 0) is 6.42 Å². The molecule has 1 heterocycles. The highest BCUT2D eigenvalue weighted by molar-refractivity contribution is 6.31. The molecule has 0 bridgehead atoms. The Balaban J connectivity index is 2.39. The van der Waals surface area contributed by atoms with Gasteiger partial charge in [0, 0.05) is 18.0 Å². The lowest BCUT2D eigenvalue weighted by Gasteiger charge is -2.20. The molecule has 0 aliphatic heterocycles. The third-order valence-corrected chi connectivity index (χ3v) is 3.57. The molecule has 4 nitrogen and oxygen atoms in total. The van der Waals surface area contributed by atoms with Gasteiger partial charge >= 0.3 is 0 Å². The molecule has 7 heteroatoms. The monoisotopic (exact) mass is 314 g/mol. The van der Waals surface area contributed by atoms with Crippen molar-refractivity contribution >= 4 is 11.6 Å². The Labute approximate surface area is 126 Å². The van der Waals surface area contributed by atoms with Gasteiger partial charge in [-0.2, -0.15) is 5.10 Å². The van der Waals surface area contributed by atoms with Crippen molar-refractivity contribution in [2.24, 2.45) is 5.84 Å². The molecule has 21 heavy (non-hydrogen) atoms. The Hall–Kier alpha value is -1.50. The summed E-state index contributed by atoms with van der Waals surface area (Å²) >= 11 is 6.14. The maximum Gasteiger partial charge on any atom is 0.129 e. The summed E-state index contributed by atoms with van der Waals surface area (Å²) < 4.78 is 29.3. The lowest BCUT2D eigenvalue weighted by molar-refractivity contribution is 0.436. The molecule has 0 amide bonds. The topological polar surface area (TPSA) is 55.9 Å². The molecular formula is C14H17ClF2N4. The van der Waals surface area contributed by atoms with Crippen LogP contribution >= 0.6 is 11.6 Å². The molecule has 1 aromatic heterocycles. The molecule has 2 aromatic rings. The van der Waals surface area contributed by atoms with Gasteiger partial charge in [-0.3, -0.25) is 16.0 Å². The highest BCUT2D eigenvalue weighted by Crippen LogP contribution is 2.28. The van der Waals surface area contributed by atoms with Crippen LogP contribution < -0.4 is 11.3 Å². The van der Waals surface area contributed by atoms with E-state index in [4.69, 9.17) is 17.4 Å². The Morgan fingerprint density at radius 3 is 2.48 bits per heavy atom. The average Bonchev–Trinajstić information content (AvgIpc) is 2.81. The minimum Gasteiger partial charge on any atom is -0.271 e. The highest BCUT2D eigenvalue weighted by Gasteiger charge is 2.23. The van der Waals surface area contributed by atoms with Crippen LogP contribution in [0.4, 0.5) is 8.78 Å². The van der Waals surface area contributed by atoms with Gasteiger partial charge in [-0.1, -0.05) is 17.7 Å². The molecule has 1 unspecified atom stereocenters. The van der Waals surface area contributed by atoms with E-state index in [9.17, 15) is 8.78 Å². The first-order valence-electron chi connectivity index (χ1n) is 6.57. The van der Waals surface area contributed by atoms with E-state index in [0.717, 1.165) is 0 Å². The summed E-state index contributed by atoms with van der Waals surface area (Å²) in [4.78, 5) is 0. The van der Waals surface area contributed by atoms with Gasteiger partial charge in [0.25, 0.3) is 0 Å². The van der Waals surface area contributed by atoms with Crippen molar-refractivity contribution in [3.05, 3.63) is 52.3 Å². The Morgan fingerprint density at radius 2 is 1.95 bits per heavy atom. The smallest absolute Gasteiger partial charge is 0.129 e. The summed E-state index contributed by atoms with van der Waals surface area (Å²) in [7, 11) is 0. The minimum atomic E-state index is -0.609. The fourth-order valence-corrected chi connectivity index (χ4v) is 2.52. The molecule has 114 valence electrons. The van der Waals surface area contributed by atoms with Crippen LogP contribution in [0.15, 0.2) is 24.4 Å². The van der Waals surface area contributed by atoms with Gasteiger partial charge in [0.1, 0.15) is 11.6 Å². The summed E-state index contributed by atoms with van der Waals surface area (Å²) in [6.45, 7) is 3.87. The maximum atomic E-state index is 13.8. The number of halogens is 3. The van der Waals surface area contributed by atoms with E-state index in [1.165, 1.54) is 24.4 Å². The first kappa shape index (κ1) is 15.9. The number of benzene rings is 1. The standard InChI is InChI=1S/C14H17ClF2N4/c1-8(2)21-14(10(15)7-19-21)13(20-18)6-9-11(16)4-3-5-12(9)17/h3-5,7-8,13,20H,6,18H2,1-2H3. The van der Waals surface area contributed by atoms with Crippen molar-refractivity contribution in [3.8, 4) is 0 Å². The zero-order valence-electron chi connectivity index (χ0n) is 11.8. The van der Waals surface area contributed by atoms with Crippen molar-refractivity contribution in [1.82, 2.24) is 15.2 Å². The second-order valence-corrected chi connectivity index (χ2v) is 5.45. The Kier molecular flexibility index (Phi) is 4.92. The highest BCUT2D eigenvalue weighted by atomic mass is 35.5. The maximum absolute atomic E-state index is 13.8. The van der Waals surface area contributed by atoms with Crippen molar-refractivity contribution in [2.45, 2.75) is 32.4 Å². The summed E-state index contributed by atoms with van der Waals surface area (Å²) in [5, 5.41) is 4.58. The first-order valence-corrected chi connectivity index (χ1v) is 6.95. The van der Waals surface area contributed by atoms with Crippen LogP contribution in [0.25, 0.3) is 0 Å². The molecule has 1 atom stereocenters. The quantitative estimate of drug-likeness (QED) is 0.658. The predicted molar refractivity (Wildman–Crippen MR) is 77.7 cm³/mol. The molecule has 0 saturated heterocycles. The van der Waals surface area contributed by atoms with Crippen molar-refractivity contribution in [2.75, 3.05) is 0 Å². The van der Waals surface area contributed by atoms with E-state index < -0.39 is 17.7 Å². The zero-order chi connectivity index (χ0) is 15.6. The van der Waals surface area contributed by atoms with Gasteiger partial charge < -0.3 is 0 Å². The molecule has 3 N–H and O–H groups in total. The minimum absolute atomic E-state index is 0.0342. The van der Waals surface area contributed by atoms with E-state index >= 15 is 0 Å². The molecule has 1 aromatic carbocycles. The second-order valence-electron chi connectivity index (χ2n) is 5.04. The largest absolute Gasteiger partial charge is 0.271 e. The number of hydrazine groups is 1. The van der Waals surface area contributed by atoms with E-state index in [1.807, 2.05) is 13.8 Å². The van der Waals surface area contributed by atoms with Gasteiger partial charge in [0.2, 0.25) is 0 Å². The van der Waals surface area contributed by atoms with E-state index in [2.05, 4.69) is 10.5 Å². The molecule has 0 fully saturated rings. The lowest BCUT2D eigenvalue weighted by Crippen LogP contribution is -2.32. The van der Waals surface area contributed by atoms with Crippen LogP contribution in [-0.4, -0.2) is 9.78 Å². The number of rotatable bonds is 5. The van der Waals surface area contributed by atoms with Crippen molar-refractivity contribution in [3.63, 3.8) is 0 Å². The molecule has 0 aliphatic carbocycles. The number of nitrogens with one attached hydrogen (secondary N) is 1. The summed E-state index contributed by atoms with van der Waals surface area (Å²) in [5.74, 6) is 4.34. The van der Waals surface area contributed by atoms with Gasteiger partial charge in [0.05, 0.1) is 23.0 Å². The molecule has 2 rings (SSSR count). The number of nitrogens with zero attached hydrogens (tertiary/aromatic N) is 2. The van der Waals surface area contributed by atoms with Gasteiger partial charge in [-0.25, -0.2) is 8.78 Å². The number of hydrogen-bond acceptors (Lipinski definition) is 3. The molecular weight excluding hydrogens is 298 g/mol. The van der Waals surface area contributed by atoms with Gasteiger partial charge in [0.15, 0.2) is 0 Å². The molecule has 0 radical (unpaired) electrons. The van der Waals surface area contributed by atoms with E-state index in [1.54, 1.807) is 4.68 Å². The molecule has 0 spiro atoms. The molecule has 0 aliphatic rings. The second kappa shape index (κ2) is 6.51. The van der Waals surface area contributed by atoms with Crippen LogP contribution in [0.5, 0.6) is 0 Å². The number of hydrogen-bond donors (Lipinski definition) is 2. The van der Waals surface area contributed by atoms with Crippen molar-refractivity contribution in [1.29, 1.82) is 0 Å². The average molecular weight is 315 g/mol. The van der Waals surface area contributed by atoms with Crippen LogP contribution in [0.3, 0.4) is 0 Å². The summed E-state index contributed by atoms with van der Waals surface area (Å²) in [5.41, 5.74) is 3.14. The van der Waals surface area contributed by atoms with E-state index in [-0.39, 0.29) is 18.0 Å². The third kappa shape index (κ3) is 3.23. The van der Waals surface area contributed by atoms with Crippen molar-refractivity contribution < 1.29 is 8.78 Å². The van der Waals surface area contributed by atoms with Crippen LogP contribution in [0, 0.1) is 11.6 Å². The Bertz CT molecular complexity index is 607. The number of nitrogens with two attached hydrogens (primary N) is 1.